The Morgan fingerprint density at radius 2 is 1.93 bits per heavy atom. The van der Waals surface area contributed by atoms with Crippen LogP contribution in [0.5, 0.6) is 0 Å². The van der Waals surface area contributed by atoms with E-state index in [0.29, 0.717) is 24.3 Å². The summed E-state index contributed by atoms with van der Waals surface area (Å²) < 4.78 is 38.2. The van der Waals surface area contributed by atoms with Gasteiger partial charge in [-0.1, -0.05) is 48.0 Å². The van der Waals surface area contributed by atoms with Crippen molar-refractivity contribution >= 4 is 39.6 Å². The predicted molar refractivity (Wildman–Crippen MR) is 164 cm³/mol. The molecule has 1 saturated heterocycles. The number of amides is 3. The molecule has 1 aliphatic heterocycles. The third kappa shape index (κ3) is 13.0. The normalized spacial score (nSPS) is 16.0. The second kappa shape index (κ2) is 19.5. The molecule has 3 amide bonds. The van der Waals surface area contributed by atoms with E-state index < -0.39 is 18.1 Å². The lowest BCUT2D eigenvalue weighted by Gasteiger charge is -2.22. The quantitative estimate of drug-likeness (QED) is 0.316. The molecule has 3 heterocycles. The summed E-state index contributed by atoms with van der Waals surface area (Å²) in [4.78, 5) is 37.6. The first-order chi connectivity index (χ1) is 19.6. The van der Waals surface area contributed by atoms with Crippen LogP contribution in [0, 0.1) is 34.5 Å². The third-order valence-electron chi connectivity index (χ3n) is 6.37. The van der Waals surface area contributed by atoms with Crippen molar-refractivity contribution in [3.8, 4) is 17.9 Å². The van der Waals surface area contributed by atoms with E-state index in [1.165, 1.54) is 11.3 Å². The first kappa shape index (κ1) is 41.5. The number of nitrogens with one attached hydrogen (secondary N) is 1. The van der Waals surface area contributed by atoms with E-state index in [1.54, 1.807) is 26.4 Å². The number of nitriles is 1. The number of nitrogens with two attached hydrogens (primary N) is 1. The van der Waals surface area contributed by atoms with Crippen LogP contribution < -0.4 is 11.1 Å². The van der Waals surface area contributed by atoms with Crippen molar-refractivity contribution in [1.82, 2.24) is 15.2 Å². The van der Waals surface area contributed by atoms with Crippen LogP contribution >= 0.6 is 11.3 Å². The largest absolute Gasteiger partial charge is 0.470 e. The highest BCUT2D eigenvalue weighted by molar-refractivity contribution is 7.17. The van der Waals surface area contributed by atoms with Gasteiger partial charge in [-0.05, 0) is 25.2 Å². The lowest BCUT2D eigenvalue weighted by molar-refractivity contribution is -0.169. The Morgan fingerprint density at radius 3 is 2.35 bits per heavy atom. The Labute approximate surface area is 257 Å². The molecule has 1 aliphatic rings. The van der Waals surface area contributed by atoms with Crippen LogP contribution in [0.1, 0.15) is 79.5 Å². The number of likely N-dealkylation sites (tertiary alicyclic amines) is 1. The van der Waals surface area contributed by atoms with Gasteiger partial charge in [0.05, 0.1) is 23.3 Å². The van der Waals surface area contributed by atoms with Gasteiger partial charge in [0, 0.05) is 54.5 Å². The maximum absolute atomic E-state index is 11.9. The summed E-state index contributed by atoms with van der Waals surface area (Å²) >= 11 is 1.52. The molecular formula is C30H44F3N5O4S. The maximum Gasteiger partial charge on any atom is 0.470 e. The molecule has 0 aliphatic carbocycles. The van der Waals surface area contributed by atoms with Crippen molar-refractivity contribution < 1.29 is 32.3 Å². The van der Waals surface area contributed by atoms with Gasteiger partial charge in [-0.15, -0.1) is 17.3 Å². The number of methoxy groups -OCH3 is 1. The van der Waals surface area contributed by atoms with Crippen molar-refractivity contribution in [1.29, 1.82) is 5.26 Å². The maximum atomic E-state index is 11.9. The molecule has 2 aromatic heterocycles. The Kier molecular flexibility index (Phi) is 18.8. The number of carbonyl (C=O) groups is 3. The fraction of sp³-hybridized carbons (Fsp3) is 0.567. The number of rotatable bonds is 6. The number of fused-ring (bicyclic) bond motifs is 1. The Morgan fingerprint density at radius 1 is 1.35 bits per heavy atom. The minimum absolute atomic E-state index is 0. The van der Waals surface area contributed by atoms with E-state index in [4.69, 9.17) is 14.8 Å². The van der Waals surface area contributed by atoms with Crippen LogP contribution in [0.25, 0.3) is 10.1 Å². The molecule has 0 aromatic carbocycles. The minimum atomic E-state index is -4.86. The Hall–Kier alpha value is -3.68. The van der Waals surface area contributed by atoms with Crippen LogP contribution in [0.15, 0.2) is 17.8 Å². The summed E-state index contributed by atoms with van der Waals surface area (Å²) in [5.74, 6) is 4.39. The SMILES string of the molecule is C.CC.CC#Cc1csc2cncc(C(C#N)NC=O)c12.CO[C@H](C)CC(=O)N1CC(C)C(C)(C)C1.NC(=O)C(F)(F)F. The lowest BCUT2D eigenvalue weighted by Crippen LogP contribution is -2.32. The summed E-state index contributed by atoms with van der Waals surface area (Å²) in [6, 6.07) is 1.34. The van der Waals surface area contributed by atoms with Gasteiger partial charge in [0.1, 0.15) is 6.04 Å². The van der Waals surface area contributed by atoms with Crippen LogP contribution in [-0.2, 0) is 19.1 Å². The first-order valence-electron chi connectivity index (χ1n) is 13.2. The molecule has 0 saturated carbocycles. The van der Waals surface area contributed by atoms with Crippen LogP contribution in [0.3, 0.4) is 0 Å². The molecule has 3 N–H and O–H groups in total. The molecule has 9 nitrogen and oxygen atoms in total. The van der Waals surface area contributed by atoms with Crippen LogP contribution in [0.2, 0.25) is 0 Å². The van der Waals surface area contributed by atoms with Gasteiger partial charge < -0.3 is 20.7 Å². The van der Waals surface area contributed by atoms with Gasteiger partial charge in [0.15, 0.2) is 0 Å². The minimum Gasteiger partial charge on any atom is -0.381 e. The van der Waals surface area contributed by atoms with E-state index in [0.717, 1.165) is 28.7 Å². The molecule has 3 atom stereocenters. The summed E-state index contributed by atoms with van der Waals surface area (Å²) in [6.07, 6.45) is -0.486. The van der Waals surface area contributed by atoms with Gasteiger partial charge in [0.25, 0.3) is 0 Å². The van der Waals surface area contributed by atoms with Gasteiger partial charge in [-0.3, -0.25) is 19.4 Å². The topological polar surface area (TPSA) is 138 Å². The molecule has 1 fully saturated rings. The molecule has 240 valence electrons. The lowest BCUT2D eigenvalue weighted by atomic mass is 9.84. The van der Waals surface area contributed by atoms with E-state index in [2.05, 4.69) is 48.6 Å². The number of pyridine rings is 1. The van der Waals surface area contributed by atoms with Crippen molar-refractivity contribution in [2.45, 2.75) is 80.6 Å². The van der Waals surface area contributed by atoms with Gasteiger partial charge >= 0.3 is 12.1 Å². The van der Waals surface area contributed by atoms with E-state index in [9.17, 15) is 22.8 Å². The monoisotopic (exact) mass is 627 g/mol. The van der Waals surface area contributed by atoms with Crippen LogP contribution in [0.4, 0.5) is 13.2 Å². The molecule has 2 aromatic rings. The average molecular weight is 628 g/mol. The molecule has 0 radical (unpaired) electrons. The number of thiophene rings is 1. The fourth-order valence-electron chi connectivity index (χ4n) is 3.66. The summed E-state index contributed by atoms with van der Waals surface area (Å²) in [6.45, 7) is 16.1. The highest BCUT2D eigenvalue weighted by Crippen LogP contribution is 2.35. The highest BCUT2D eigenvalue weighted by Gasteiger charge is 2.38. The highest BCUT2D eigenvalue weighted by atomic mass is 32.1. The first-order valence-corrected chi connectivity index (χ1v) is 14.0. The summed E-state index contributed by atoms with van der Waals surface area (Å²) in [5.41, 5.74) is 5.61. The summed E-state index contributed by atoms with van der Waals surface area (Å²) in [7, 11) is 1.65. The van der Waals surface area contributed by atoms with Crippen LogP contribution in [-0.4, -0.2) is 60.6 Å². The Balaban J connectivity index is 0. The number of hydrogen-bond acceptors (Lipinski definition) is 7. The number of alkyl halides is 3. The molecule has 0 bridgehead atoms. The molecule has 13 heteroatoms. The molecular weight excluding hydrogens is 583 g/mol. The number of hydrogen-bond donors (Lipinski definition) is 2. The van der Waals surface area contributed by atoms with Gasteiger partial charge in [0.2, 0.25) is 12.3 Å². The summed E-state index contributed by atoms with van der Waals surface area (Å²) in [5, 5.41) is 14.4. The molecule has 0 spiro atoms. The fourth-order valence-corrected chi connectivity index (χ4v) is 4.55. The van der Waals surface area contributed by atoms with E-state index in [-0.39, 0.29) is 24.9 Å². The third-order valence-corrected chi connectivity index (χ3v) is 7.29. The standard InChI is InChI=1S/C13H9N3OS.C12H23NO2.C2H2F3NO.C2H6.CH4/c1-2-3-9-7-18-12-6-15-5-10(13(9)12)11(4-14)16-8-17;1-9-7-13(8-12(9,3)4)11(14)6-10(2)15-5;3-2(4,5)1(6)7;1-2;/h5-8,11H,1H3,(H,16,17);9-10H,6-8H2,1-5H3;(H2,6,7);1-2H3;1H4/t;9?,10-;;;/m.1.../s1. The number of aromatic nitrogens is 1. The van der Waals surface area contributed by atoms with Gasteiger partial charge in [-0.25, -0.2) is 0 Å². The number of halogens is 3. The number of nitrogens with zero attached hydrogens (tertiary/aromatic N) is 3. The zero-order valence-electron chi connectivity index (χ0n) is 25.3. The van der Waals surface area contributed by atoms with Crippen molar-refractivity contribution in [2.75, 3.05) is 20.2 Å². The van der Waals surface area contributed by atoms with E-state index in [1.807, 2.05) is 37.1 Å². The average Bonchev–Trinajstić information content (AvgIpc) is 3.48. The van der Waals surface area contributed by atoms with Gasteiger partial charge in [-0.2, -0.15) is 18.4 Å². The van der Waals surface area contributed by atoms with E-state index >= 15 is 0 Å². The molecule has 43 heavy (non-hydrogen) atoms. The zero-order chi connectivity index (χ0) is 32.7. The molecule has 3 rings (SSSR count). The zero-order valence-corrected chi connectivity index (χ0v) is 26.1. The van der Waals surface area contributed by atoms with Crippen molar-refractivity contribution in [3.63, 3.8) is 0 Å². The smallest absolute Gasteiger partial charge is 0.381 e. The second-order valence-corrected chi connectivity index (χ2v) is 10.7. The molecule has 2 unspecified atom stereocenters. The number of primary amides is 1. The number of ether oxygens (including phenoxy) is 1. The van der Waals surface area contributed by atoms with Crippen molar-refractivity contribution in [2.24, 2.45) is 17.1 Å². The predicted octanol–water partition coefficient (Wildman–Crippen LogP) is 5.59. The number of carbonyl (C=O) groups excluding carboxylic acids is 3. The van der Waals surface area contributed by atoms with Crippen molar-refractivity contribution in [3.05, 3.63) is 28.9 Å². The second-order valence-electron chi connectivity index (χ2n) is 9.75. The Bertz CT molecular complexity index is 1280.